The predicted molar refractivity (Wildman–Crippen MR) is 35.6 cm³/mol. The van der Waals surface area contributed by atoms with Crippen molar-refractivity contribution in [1.29, 1.82) is 0 Å². The van der Waals surface area contributed by atoms with Gasteiger partial charge in [0.05, 0.1) is 13.4 Å². The van der Waals surface area contributed by atoms with Gasteiger partial charge in [-0.05, 0) is 19.9 Å². The third kappa shape index (κ3) is 5.28. The lowest BCUT2D eigenvalue weighted by Gasteiger charge is -1.83. The molecule has 0 N–H and O–H groups in total. The highest BCUT2D eigenvalue weighted by molar-refractivity contribution is 5.05. The highest BCUT2D eigenvalue weighted by Gasteiger charge is 1.67. The van der Waals surface area contributed by atoms with Crippen LogP contribution in [-0.2, 0) is 4.74 Å². The average Bonchev–Trinajstić information content (AvgIpc) is 1.66. The molecule has 0 aliphatic heterocycles. The first kappa shape index (κ1) is 7.28. The quantitative estimate of drug-likeness (QED) is 0.392. The van der Waals surface area contributed by atoms with Gasteiger partial charge in [-0.2, -0.15) is 0 Å². The van der Waals surface area contributed by atoms with E-state index in [1.54, 1.807) is 13.4 Å². The third-order valence-corrected chi connectivity index (χ3v) is 0.644. The van der Waals surface area contributed by atoms with Gasteiger partial charge in [0, 0.05) is 0 Å². The molecule has 0 aromatic heterocycles. The van der Waals surface area contributed by atoms with Gasteiger partial charge in [0.1, 0.15) is 0 Å². The lowest BCUT2D eigenvalue weighted by Crippen LogP contribution is -1.63. The zero-order chi connectivity index (χ0) is 6.41. The number of hydrogen-bond acceptors (Lipinski definition) is 1. The molecule has 8 heavy (non-hydrogen) atoms. The number of methoxy groups -OCH3 is 1. The van der Waals surface area contributed by atoms with Crippen LogP contribution in [0.1, 0.15) is 13.8 Å². The summed E-state index contributed by atoms with van der Waals surface area (Å²) in [4.78, 5) is 0. The normalized spacial score (nSPS) is 9.38. The molecule has 0 aromatic carbocycles. The van der Waals surface area contributed by atoms with Crippen LogP contribution in [0.3, 0.4) is 0 Å². The summed E-state index contributed by atoms with van der Waals surface area (Å²) in [7, 11) is 1.63. The molecule has 0 saturated heterocycles. The maximum absolute atomic E-state index is 4.67. The van der Waals surface area contributed by atoms with Crippen LogP contribution in [0.5, 0.6) is 0 Å². The molecule has 0 fully saturated rings. The number of allylic oxidation sites excluding steroid dienone is 3. The van der Waals surface area contributed by atoms with E-state index in [1.165, 1.54) is 5.57 Å². The zero-order valence-corrected chi connectivity index (χ0v) is 5.64. The second-order valence-corrected chi connectivity index (χ2v) is 1.81. The minimum Gasteiger partial charge on any atom is -0.504 e. The van der Waals surface area contributed by atoms with Crippen molar-refractivity contribution in [3.63, 3.8) is 0 Å². The fourth-order valence-electron chi connectivity index (χ4n) is 0.310. The molecule has 0 unspecified atom stereocenters. The average molecular weight is 112 g/mol. The van der Waals surface area contributed by atoms with E-state index in [0.717, 1.165) is 0 Å². The van der Waals surface area contributed by atoms with Crippen molar-refractivity contribution in [3.8, 4) is 0 Å². The van der Waals surface area contributed by atoms with Crippen LogP contribution < -0.4 is 0 Å². The van der Waals surface area contributed by atoms with Crippen LogP contribution in [0.15, 0.2) is 24.0 Å². The number of hydrogen-bond donors (Lipinski definition) is 0. The zero-order valence-electron chi connectivity index (χ0n) is 5.64. The second kappa shape index (κ2) is 4.44. The van der Waals surface area contributed by atoms with Crippen LogP contribution in [0.4, 0.5) is 0 Å². The summed E-state index contributed by atoms with van der Waals surface area (Å²) in [5.41, 5.74) is 1.28. The molecule has 0 spiro atoms. The van der Waals surface area contributed by atoms with E-state index in [9.17, 15) is 0 Å². The van der Waals surface area contributed by atoms with Crippen molar-refractivity contribution in [2.45, 2.75) is 13.8 Å². The molecule has 46 valence electrons. The first-order valence-corrected chi connectivity index (χ1v) is 2.60. The Balaban J connectivity index is 3.42. The summed E-state index contributed by atoms with van der Waals surface area (Å²) in [6.45, 7) is 4.08. The molecule has 0 aromatic rings. The summed E-state index contributed by atoms with van der Waals surface area (Å²) in [5, 5.41) is 0. The first-order valence-electron chi connectivity index (χ1n) is 2.60. The van der Waals surface area contributed by atoms with Gasteiger partial charge < -0.3 is 4.74 Å². The van der Waals surface area contributed by atoms with Crippen molar-refractivity contribution in [1.82, 2.24) is 0 Å². The van der Waals surface area contributed by atoms with Crippen molar-refractivity contribution in [3.05, 3.63) is 24.0 Å². The van der Waals surface area contributed by atoms with Gasteiger partial charge in [0.25, 0.3) is 0 Å². The lowest BCUT2D eigenvalue weighted by molar-refractivity contribution is 0.338. The van der Waals surface area contributed by atoms with Gasteiger partial charge in [-0.1, -0.05) is 11.6 Å². The Morgan fingerprint density at radius 3 is 2.38 bits per heavy atom. The standard InChI is InChI=1S/C7H12O/c1-7(2)5-4-6-8-3/h4-6H,1-3H3. The smallest absolute Gasteiger partial charge is 0.0824 e. The molecule has 0 atom stereocenters. The summed E-state index contributed by atoms with van der Waals surface area (Å²) in [6.07, 6.45) is 5.51. The first-order chi connectivity index (χ1) is 3.77. The lowest BCUT2D eigenvalue weighted by atomic mass is 10.3. The van der Waals surface area contributed by atoms with E-state index in [0.29, 0.717) is 0 Å². The van der Waals surface area contributed by atoms with Gasteiger partial charge in [-0.3, -0.25) is 0 Å². The molecular weight excluding hydrogens is 100 g/mol. The summed E-state index contributed by atoms with van der Waals surface area (Å²) in [5.74, 6) is 0. The number of rotatable bonds is 2. The Morgan fingerprint density at radius 2 is 2.00 bits per heavy atom. The molecule has 0 saturated carbocycles. The summed E-state index contributed by atoms with van der Waals surface area (Å²) >= 11 is 0. The molecule has 1 heteroatoms. The SMILES string of the molecule is COC=CC=C(C)C. The Hall–Kier alpha value is -0.720. The van der Waals surface area contributed by atoms with E-state index in [1.807, 2.05) is 26.0 Å². The van der Waals surface area contributed by atoms with Gasteiger partial charge in [0.2, 0.25) is 0 Å². The van der Waals surface area contributed by atoms with E-state index in [2.05, 4.69) is 4.74 Å². The highest BCUT2D eigenvalue weighted by Crippen LogP contribution is 1.87. The van der Waals surface area contributed by atoms with Gasteiger partial charge in [0.15, 0.2) is 0 Å². The Morgan fingerprint density at radius 1 is 1.38 bits per heavy atom. The van der Waals surface area contributed by atoms with E-state index >= 15 is 0 Å². The molecule has 0 aliphatic rings. The summed E-state index contributed by atoms with van der Waals surface area (Å²) < 4.78 is 4.67. The molecule has 0 heterocycles. The van der Waals surface area contributed by atoms with Crippen molar-refractivity contribution < 1.29 is 4.74 Å². The monoisotopic (exact) mass is 112 g/mol. The fourth-order valence-corrected chi connectivity index (χ4v) is 0.310. The van der Waals surface area contributed by atoms with E-state index in [4.69, 9.17) is 0 Å². The van der Waals surface area contributed by atoms with Crippen LogP contribution in [0, 0.1) is 0 Å². The van der Waals surface area contributed by atoms with E-state index in [-0.39, 0.29) is 0 Å². The Kier molecular flexibility index (Phi) is 4.04. The second-order valence-electron chi connectivity index (χ2n) is 1.81. The number of ether oxygens (including phenoxy) is 1. The molecule has 1 nitrogen and oxygen atoms in total. The van der Waals surface area contributed by atoms with Gasteiger partial charge in [-0.15, -0.1) is 0 Å². The topological polar surface area (TPSA) is 9.23 Å². The van der Waals surface area contributed by atoms with E-state index < -0.39 is 0 Å². The van der Waals surface area contributed by atoms with Crippen molar-refractivity contribution >= 4 is 0 Å². The molecule has 0 bridgehead atoms. The molecule has 0 amide bonds. The largest absolute Gasteiger partial charge is 0.504 e. The Labute approximate surface area is 50.7 Å². The minimum absolute atomic E-state index is 1.28. The van der Waals surface area contributed by atoms with Crippen LogP contribution >= 0.6 is 0 Å². The molecular formula is C7H12O. The van der Waals surface area contributed by atoms with Gasteiger partial charge >= 0.3 is 0 Å². The third-order valence-electron chi connectivity index (χ3n) is 0.644. The predicted octanol–water partition coefficient (Wildman–Crippen LogP) is 2.11. The Bertz CT molecular complexity index is 97.0. The minimum atomic E-state index is 1.28. The van der Waals surface area contributed by atoms with Crippen molar-refractivity contribution in [2.75, 3.05) is 7.11 Å². The molecule has 0 aliphatic carbocycles. The van der Waals surface area contributed by atoms with Crippen LogP contribution in [0.2, 0.25) is 0 Å². The maximum Gasteiger partial charge on any atom is 0.0824 e. The van der Waals surface area contributed by atoms with Crippen molar-refractivity contribution in [2.24, 2.45) is 0 Å². The maximum atomic E-state index is 4.67. The fraction of sp³-hybridized carbons (Fsp3) is 0.429. The van der Waals surface area contributed by atoms with Gasteiger partial charge in [-0.25, -0.2) is 0 Å². The molecule has 0 rings (SSSR count). The summed E-state index contributed by atoms with van der Waals surface area (Å²) in [6, 6.07) is 0. The molecule has 0 radical (unpaired) electrons. The van der Waals surface area contributed by atoms with Crippen LogP contribution in [-0.4, -0.2) is 7.11 Å². The van der Waals surface area contributed by atoms with Crippen LogP contribution in [0.25, 0.3) is 0 Å². The highest BCUT2D eigenvalue weighted by atomic mass is 16.5.